The van der Waals surface area contributed by atoms with Crippen molar-refractivity contribution in [3.63, 3.8) is 0 Å². The van der Waals surface area contributed by atoms with Gasteiger partial charge in [0.1, 0.15) is 11.5 Å². The maximum atomic E-state index is 12.4. The monoisotopic (exact) mass is 380 g/mol. The van der Waals surface area contributed by atoms with Crippen molar-refractivity contribution in [1.29, 1.82) is 0 Å². The Bertz CT molecular complexity index is 932. The van der Waals surface area contributed by atoms with Gasteiger partial charge in [0.25, 0.3) is 0 Å². The van der Waals surface area contributed by atoms with E-state index < -0.39 is 5.97 Å². The summed E-state index contributed by atoms with van der Waals surface area (Å²) in [5, 5.41) is 4.07. The second-order valence-corrected chi connectivity index (χ2v) is 7.84. The minimum absolute atomic E-state index is 0.00297. The lowest BCUT2D eigenvalue weighted by Crippen LogP contribution is -2.22. The Labute approximate surface area is 164 Å². The van der Waals surface area contributed by atoms with Crippen molar-refractivity contribution >= 4 is 18.1 Å². The lowest BCUT2D eigenvalue weighted by Gasteiger charge is -2.15. The maximum Gasteiger partial charge on any atom is 0.337 e. The molecule has 0 saturated heterocycles. The Hall–Kier alpha value is -2.89. The van der Waals surface area contributed by atoms with E-state index >= 15 is 0 Å². The van der Waals surface area contributed by atoms with Gasteiger partial charge in [-0.15, -0.1) is 0 Å². The zero-order chi connectivity index (χ0) is 19.7. The molecule has 1 N–H and O–H groups in total. The third-order valence-electron chi connectivity index (χ3n) is 6.18. The number of esters is 1. The zero-order valence-corrected chi connectivity index (χ0v) is 16.1. The highest BCUT2D eigenvalue weighted by atomic mass is 16.5. The summed E-state index contributed by atoms with van der Waals surface area (Å²) in [7, 11) is 1.35. The van der Waals surface area contributed by atoms with E-state index in [9.17, 15) is 9.59 Å². The van der Waals surface area contributed by atoms with Gasteiger partial charge in [-0.3, -0.25) is 4.79 Å². The number of nitrogens with one attached hydrogen (secondary N) is 1. The SMILES string of the molecule is COC(=O)c1cccc(-c2ccc(/C=N\NC(=O)[C@H]3[C@@H]4CCCC[C@@]43C)o2)c1. The lowest BCUT2D eigenvalue weighted by atomic mass is 9.90. The molecule has 2 aliphatic rings. The van der Waals surface area contributed by atoms with Crippen LogP contribution in [0.15, 0.2) is 45.9 Å². The van der Waals surface area contributed by atoms with Crippen LogP contribution in [0.4, 0.5) is 0 Å². The largest absolute Gasteiger partial charge is 0.465 e. The van der Waals surface area contributed by atoms with Gasteiger partial charge < -0.3 is 9.15 Å². The van der Waals surface area contributed by atoms with Gasteiger partial charge in [0.05, 0.1) is 18.9 Å². The second kappa shape index (κ2) is 7.26. The van der Waals surface area contributed by atoms with E-state index in [-0.39, 0.29) is 17.2 Å². The van der Waals surface area contributed by atoms with Gasteiger partial charge in [-0.05, 0) is 48.4 Å². The smallest absolute Gasteiger partial charge is 0.337 e. The number of amides is 1. The van der Waals surface area contributed by atoms with Crippen LogP contribution < -0.4 is 5.43 Å². The van der Waals surface area contributed by atoms with Gasteiger partial charge in [-0.25, -0.2) is 10.2 Å². The number of rotatable bonds is 5. The molecule has 0 bridgehead atoms. The highest BCUT2D eigenvalue weighted by Gasteiger charge is 2.64. The molecule has 2 fully saturated rings. The molecule has 1 amide bonds. The van der Waals surface area contributed by atoms with E-state index in [1.807, 2.05) is 6.07 Å². The fourth-order valence-electron chi connectivity index (χ4n) is 4.57. The van der Waals surface area contributed by atoms with E-state index in [1.54, 1.807) is 30.3 Å². The van der Waals surface area contributed by atoms with Crippen molar-refractivity contribution in [1.82, 2.24) is 5.43 Å². The van der Waals surface area contributed by atoms with Crippen molar-refractivity contribution in [2.75, 3.05) is 7.11 Å². The van der Waals surface area contributed by atoms with Crippen LogP contribution in [0.2, 0.25) is 0 Å². The number of carbonyl (C=O) groups excluding carboxylic acids is 2. The summed E-state index contributed by atoms with van der Waals surface area (Å²) in [6, 6.07) is 10.6. The molecule has 0 aliphatic heterocycles. The molecular weight excluding hydrogens is 356 g/mol. The van der Waals surface area contributed by atoms with Crippen LogP contribution in [-0.2, 0) is 9.53 Å². The molecule has 146 valence electrons. The van der Waals surface area contributed by atoms with Gasteiger partial charge in [0, 0.05) is 11.5 Å². The minimum Gasteiger partial charge on any atom is -0.465 e. The molecule has 0 radical (unpaired) electrons. The van der Waals surface area contributed by atoms with Gasteiger partial charge in [-0.1, -0.05) is 31.9 Å². The fraction of sp³-hybridized carbons (Fsp3) is 0.409. The summed E-state index contributed by atoms with van der Waals surface area (Å²) in [5.74, 6) is 1.34. The summed E-state index contributed by atoms with van der Waals surface area (Å²) in [5.41, 5.74) is 4.05. The number of furan rings is 1. The number of hydrogen-bond donors (Lipinski definition) is 1. The van der Waals surface area contributed by atoms with E-state index in [0.717, 1.165) is 18.4 Å². The number of hydrogen-bond acceptors (Lipinski definition) is 5. The Morgan fingerprint density at radius 1 is 1.29 bits per heavy atom. The first-order valence-electron chi connectivity index (χ1n) is 9.64. The van der Waals surface area contributed by atoms with Crippen molar-refractivity contribution in [2.24, 2.45) is 22.4 Å². The van der Waals surface area contributed by atoms with Crippen molar-refractivity contribution in [3.8, 4) is 11.3 Å². The molecule has 6 heteroatoms. The zero-order valence-electron chi connectivity index (χ0n) is 16.1. The van der Waals surface area contributed by atoms with Gasteiger partial charge in [-0.2, -0.15) is 5.10 Å². The molecule has 0 unspecified atom stereocenters. The van der Waals surface area contributed by atoms with Gasteiger partial charge in [0.2, 0.25) is 5.91 Å². The predicted molar refractivity (Wildman–Crippen MR) is 105 cm³/mol. The molecule has 6 nitrogen and oxygen atoms in total. The number of benzene rings is 1. The number of hydrazone groups is 1. The normalized spacial score (nSPS) is 25.9. The standard InChI is InChI=1S/C22H24N2O4/c1-22-11-4-3-8-17(22)19(22)20(25)24-23-13-16-9-10-18(28-16)14-6-5-7-15(12-14)21(26)27-2/h5-7,9-10,12-13,17,19H,3-4,8,11H2,1-2H3,(H,24,25)/b23-13-/t17-,19+,22-/m0/s1. The first-order chi connectivity index (χ1) is 13.5. The molecule has 2 aromatic rings. The van der Waals surface area contributed by atoms with Crippen LogP contribution in [0.3, 0.4) is 0 Å². The lowest BCUT2D eigenvalue weighted by molar-refractivity contribution is -0.123. The molecule has 4 rings (SSSR count). The first kappa shape index (κ1) is 18.5. The fourth-order valence-corrected chi connectivity index (χ4v) is 4.57. The molecule has 28 heavy (non-hydrogen) atoms. The Kier molecular flexibility index (Phi) is 4.79. The molecule has 1 aromatic heterocycles. The Morgan fingerprint density at radius 3 is 2.89 bits per heavy atom. The molecule has 2 saturated carbocycles. The highest BCUT2D eigenvalue weighted by Crippen LogP contribution is 2.66. The van der Waals surface area contributed by atoms with Crippen molar-refractivity contribution in [2.45, 2.75) is 32.6 Å². The van der Waals surface area contributed by atoms with Crippen molar-refractivity contribution < 1.29 is 18.7 Å². The van der Waals surface area contributed by atoms with E-state index in [0.29, 0.717) is 23.0 Å². The summed E-state index contributed by atoms with van der Waals surface area (Å²) in [4.78, 5) is 24.1. The molecule has 1 heterocycles. The Morgan fingerprint density at radius 2 is 2.14 bits per heavy atom. The Balaban J connectivity index is 1.39. The number of fused-ring (bicyclic) bond motifs is 1. The number of ether oxygens (including phenoxy) is 1. The van der Waals surface area contributed by atoms with Crippen LogP contribution in [0.25, 0.3) is 11.3 Å². The van der Waals surface area contributed by atoms with Crippen LogP contribution in [0, 0.1) is 17.3 Å². The topological polar surface area (TPSA) is 80.9 Å². The highest BCUT2D eigenvalue weighted by molar-refractivity contribution is 5.91. The van der Waals surface area contributed by atoms with E-state index in [2.05, 4.69) is 17.5 Å². The summed E-state index contributed by atoms with van der Waals surface area (Å²) in [6.07, 6.45) is 6.21. The maximum absolute atomic E-state index is 12.4. The number of nitrogens with zero attached hydrogens (tertiary/aromatic N) is 1. The summed E-state index contributed by atoms with van der Waals surface area (Å²) < 4.78 is 10.5. The van der Waals surface area contributed by atoms with E-state index in [1.165, 1.54) is 26.2 Å². The average Bonchev–Trinajstić information content (AvgIpc) is 3.07. The first-order valence-corrected chi connectivity index (χ1v) is 9.64. The number of carbonyl (C=O) groups is 2. The predicted octanol–water partition coefficient (Wildman–Crippen LogP) is 4.01. The van der Waals surface area contributed by atoms with Crippen LogP contribution in [0.5, 0.6) is 0 Å². The van der Waals surface area contributed by atoms with Gasteiger partial charge in [0.15, 0.2) is 0 Å². The number of methoxy groups -OCH3 is 1. The quantitative estimate of drug-likeness (QED) is 0.483. The molecular formula is C22H24N2O4. The third-order valence-corrected chi connectivity index (χ3v) is 6.18. The van der Waals surface area contributed by atoms with Crippen LogP contribution >= 0.6 is 0 Å². The molecule has 3 atom stereocenters. The second-order valence-electron chi connectivity index (χ2n) is 7.84. The molecule has 1 aromatic carbocycles. The van der Waals surface area contributed by atoms with E-state index in [4.69, 9.17) is 9.15 Å². The molecule has 0 spiro atoms. The van der Waals surface area contributed by atoms with Crippen molar-refractivity contribution in [3.05, 3.63) is 47.7 Å². The average molecular weight is 380 g/mol. The summed E-state index contributed by atoms with van der Waals surface area (Å²) in [6.45, 7) is 2.21. The molecule has 2 aliphatic carbocycles. The van der Waals surface area contributed by atoms with Gasteiger partial charge >= 0.3 is 5.97 Å². The third kappa shape index (κ3) is 3.35. The summed E-state index contributed by atoms with van der Waals surface area (Å²) >= 11 is 0. The minimum atomic E-state index is -0.396. The van der Waals surface area contributed by atoms with Crippen LogP contribution in [-0.4, -0.2) is 25.2 Å². The van der Waals surface area contributed by atoms with Crippen LogP contribution in [0.1, 0.15) is 48.7 Å².